The Bertz CT molecular complexity index is 196. The molecule has 0 amide bonds. The van der Waals surface area contributed by atoms with E-state index < -0.39 is 0 Å². The molecule has 0 aliphatic heterocycles. The molecular weight excluding hydrogens is 148 g/mol. The van der Waals surface area contributed by atoms with E-state index in [1.54, 1.807) is 0 Å². The molecule has 0 aromatic carbocycles. The molecule has 0 radical (unpaired) electrons. The van der Waals surface area contributed by atoms with E-state index in [2.05, 4.69) is 29.1 Å². The van der Waals surface area contributed by atoms with Crippen molar-refractivity contribution in [1.29, 1.82) is 0 Å². The zero-order chi connectivity index (χ0) is 8.65. The molecule has 2 N–H and O–H groups in total. The summed E-state index contributed by atoms with van der Waals surface area (Å²) in [6.45, 7) is 1.93. The van der Waals surface area contributed by atoms with Gasteiger partial charge in [0.1, 0.15) is 6.54 Å². The van der Waals surface area contributed by atoms with E-state index >= 15 is 0 Å². The van der Waals surface area contributed by atoms with Crippen LogP contribution in [0.2, 0.25) is 0 Å². The lowest BCUT2D eigenvalue weighted by Crippen LogP contribution is -2.32. The first-order chi connectivity index (χ1) is 5.93. The highest BCUT2D eigenvalue weighted by Gasteiger charge is 1.95. The van der Waals surface area contributed by atoms with Gasteiger partial charge >= 0.3 is 0 Å². The van der Waals surface area contributed by atoms with Crippen molar-refractivity contribution in [2.24, 2.45) is 5.73 Å². The first-order valence-corrected chi connectivity index (χ1v) is 4.57. The van der Waals surface area contributed by atoms with Crippen molar-refractivity contribution in [1.82, 2.24) is 0 Å². The Kier molecular flexibility index (Phi) is 4.39. The Morgan fingerprint density at radius 2 is 1.67 bits per heavy atom. The number of aryl methyl sites for hydroxylation is 1. The first kappa shape index (κ1) is 9.20. The number of rotatable bonds is 5. The lowest BCUT2D eigenvalue weighted by Gasteiger charge is -1.95. The van der Waals surface area contributed by atoms with Crippen LogP contribution in [0, 0.1) is 0 Å². The maximum atomic E-state index is 5.40. The third-order valence-electron chi connectivity index (χ3n) is 1.90. The van der Waals surface area contributed by atoms with Crippen LogP contribution in [0.3, 0.4) is 0 Å². The van der Waals surface area contributed by atoms with E-state index in [1.807, 2.05) is 6.07 Å². The Morgan fingerprint density at radius 3 is 2.33 bits per heavy atom. The molecule has 0 fully saturated rings. The number of nitrogens with two attached hydrogens (primary N) is 1. The minimum atomic E-state index is 0.819. The van der Waals surface area contributed by atoms with Gasteiger partial charge in [0.25, 0.3) is 0 Å². The van der Waals surface area contributed by atoms with Gasteiger partial charge in [0, 0.05) is 18.6 Å². The van der Waals surface area contributed by atoms with Crippen LogP contribution >= 0.6 is 0 Å². The predicted molar refractivity (Wildman–Crippen MR) is 49.5 cm³/mol. The van der Waals surface area contributed by atoms with E-state index in [0.29, 0.717) is 0 Å². The molecule has 1 aromatic rings. The summed E-state index contributed by atoms with van der Waals surface area (Å²) < 4.78 is 2.20. The lowest BCUT2D eigenvalue weighted by atomic mass is 10.2. The maximum absolute atomic E-state index is 5.40. The molecule has 0 spiro atoms. The molecule has 2 heteroatoms. The number of aromatic nitrogens is 1. The van der Waals surface area contributed by atoms with Gasteiger partial charge in [-0.2, -0.15) is 0 Å². The third-order valence-corrected chi connectivity index (χ3v) is 1.90. The number of hydrogen-bond donors (Lipinski definition) is 1. The Morgan fingerprint density at radius 1 is 0.917 bits per heavy atom. The fraction of sp³-hybridized carbons (Fsp3) is 0.500. The highest BCUT2D eigenvalue weighted by atomic mass is 14.9. The monoisotopic (exact) mass is 165 g/mol. The molecule has 0 atom stereocenters. The quantitative estimate of drug-likeness (QED) is 0.514. The maximum Gasteiger partial charge on any atom is 0.168 e. The molecule has 1 rings (SSSR count). The number of pyridine rings is 1. The highest BCUT2D eigenvalue weighted by Crippen LogP contribution is 1.92. The fourth-order valence-corrected chi connectivity index (χ4v) is 1.20. The molecular formula is C10H17N2+. The standard InChI is InChI=1S/C10H17N2/c11-7-3-1-4-8-12-9-5-2-6-10-12/h2,5-6,9-10H,1,3-4,7-8,11H2/q+1. The van der Waals surface area contributed by atoms with E-state index in [0.717, 1.165) is 19.5 Å². The van der Waals surface area contributed by atoms with E-state index in [4.69, 9.17) is 5.73 Å². The van der Waals surface area contributed by atoms with Crippen molar-refractivity contribution >= 4 is 0 Å². The highest BCUT2D eigenvalue weighted by molar-refractivity contribution is 4.83. The lowest BCUT2D eigenvalue weighted by molar-refractivity contribution is -0.697. The summed E-state index contributed by atoms with van der Waals surface area (Å²) in [7, 11) is 0. The molecule has 0 saturated heterocycles. The first-order valence-electron chi connectivity index (χ1n) is 4.57. The molecule has 0 saturated carbocycles. The second kappa shape index (κ2) is 5.72. The topological polar surface area (TPSA) is 29.9 Å². The van der Waals surface area contributed by atoms with Crippen LogP contribution in [0.15, 0.2) is 30.6 Å². The minimum absolute atomic E-state index is 0.819. The summed E-state index contributed by atoms with van der Waals surface area (Å²) in [6.07, 6.45) is 7.81. The van der Waals surface area contributed by atoms with Crippen molar-refractivity contribution in [3.8, 4) is 0 Å². The third kappa shape index (κ3) is 3.49. The van der Waals surface area contributed by atoms with Gasteiger partial charge in [-0.15, -0.1) is 0 Å². The summed E-state index contributed by atoms with van der Waals surface area (Å²) >= 11 is 0. The molecule has 12 heavy (non-hydrogen) atoms. The fourth-order valence-electron chi connectivity index (χ4n) is 1.20. The van der Waals surface area contributed by atoms with Crippen molar-refractivity contribution < 1.29 is 4.57 Å². The molecule has 0 unspecified atom stereocenters. The summed E-state index contributed by atoms with van der Waals surface area (Å²) in [5.41, 5.74) is 5.40. The van der Waals surface area contributed by atoms with Crippen molar-refractivity contribution in [2.45, 2.75) is 25.8 Å². The molecule has 66 valence electrons. The average Bonchev–Trinajstić information content (AvgIpc) is 2.14. The van der Waals surface area contributed by atoms with Gasteiger partial charge < -0.3 is 5.73 Å². The number of nitrogens with zero attached hydrogens (tertiary/aromatic N) is 1. The van der Waals surface area contributed by atoms with Crippen LogP contribution in [0.25, 0.3) is 0 Å². The van der Waals surface area contributed by atoms with E-state index in [9.17, 15) is 0 Å². The number of unbranched alkanes of at least 4 members (excludes halogenated alkanes) is 2. The minimum Gasteiger partial charge on any atom is -0.330 e. The summed E-state index contributed by atoms with van der Waals surface area (Å²) in [5, 5.41) is 0. The van der Waals surface area contributed by atoms with Gasteiger partial charge in [0.15, 0.2) is 12.4 Å². The zero-order valence-corrected chi connectivity index (χ0v) is 7.45. The van der Waals surface area contributed by atoms with Gasteiger partial charge in [0.2, 0.25) is 0 Å². The normalized spacial score (nSPS) is 10.1. The van der Waals surface area contributed by atoms with Gasteiger partial charge in [-0.05, 0) is 19.4 Å². The van der Waals surface area contributed by atoms with E-state index in [-0.39, 0.29) is 0 Å². The largest absolute Gasteiger partial charge is 0.330 e. The summed E-state index contributed by atoms with van der Waals surface area (Å²) in [5.74, 6) is 0. The van der Waals surface area contributed by atoms with Crippen molar-refractivity contribution in [2.75, 3.05) is 6.54 Å². The van der Waals surface area contributed by atoms with Crippen LogP contribution in [0.4, 0.5) is 0 Å². The predicted octanol–water partition coefficient (Wildman–Crippen LogP) is 1.10. The summed E-state index contributed by atoms with van der Waals surface area (Å²) in [6, 6.07) is 6.16. The van der Waals surface area contributed by atoms with Gasteiger partial charge in [-0.1, -0.05) is 6.07 Å². The van der Waals surface area contributed by atoms with Crippen molar-refractivity contribution in [3.63, 3.8) is 0 Å². The van der Waals surface area contributed by atoms with Gasteiger partial charge in [-0.3, -0.25) is 0 Å². The van der Waals surface area contributed by atoms with Crippen molar-refractivity contribution in [3.05, 3.63) is 30.6 Å². The second-order valence-corrected chi connectivity index (χ2v) is 2.96. The van der Waals surface area contributed by atoms with Crippen LogP contribution in [-0.2, 0) is 6.54 Å². The van der Waals surface area contributed by atoms with Crippen LogP contribution in [-0.4, -0.2) is 6.54 Å². The Labute approximate surface area is 74.0 Å². The van der Waals surface area contributed by atoms with Gasteiger partial charge in [0.05, 0.1) is 0 Å². The Hall–Kier alpha value is -0.890. The molecule has 2 nitrogen and oxygen atoms in total. The summed E-state index contributed by atoms with van der Waals surface area (Å²) in [4.78, 5) is 0. The smallest absolute Gasteiger partial charge is 0.168 e. The SMILES string of the molecule is NCCCCC[n+]1ccccc1. The molecule has 0 aliphatic carbocycles. The molecule has 0 aliphatic rings. The van der Waals surface area contributed by atoms with Crippen LogP contribution in [0.5, 0.6) is 0 Å². The van der Waals surface area contributed by atoms with Crippen LogP contribution < -0.4 is 10.3 Å². The van der Waals surface area contributed by atoms with E-state index in [1.165, 1.54) is 12.8 Å². The average molecular weight is 165 g/mol. The molecule has 1 heterocycles. The molecule has 1 aromatic heterocycles. The van der Waals surface area contributed by atoms with Gasteiger partial charge in [-0.25, -0.2) is 4.57 Å². The van der Waals surface area contributed by atoms with Crippen LogP contribution in [0.1, 0.15) is 19.3 Å². The zero-order valence-electron chi connectivity index (χ0n) is 7.45. The second-order valence-electron chi connectivity index (χ2n) is 2.96. The molecule has 0 bridgehead atoms. The Balaban J connectivity index is 2.16. The number of hydrogen-bond acceptors (Lipinski definition) is 1.